The first-order valence-corrected chi connectivity index (χ1v) is 9.81. The lowest BCUT2D eigenvalue weighted by Gasteiger charge is -2.16. The molecule has 154 valence electrons. The molecular formula is C23H20N6O2. The summed E-state index contributed by atoms with van der Waals surface area (Å²) < 4.78 is 7.27. The molecule has 2 aromatic carbocycles. The largest absolute Gasteiger partial charge is 0.368 e. The highest BCUT2D eigenvalue weighted by Gasteiger charge is 2.16. The summed E-state index contributed by atoms with van der Waals surface area (Å²) in [7, 11) is 0. The summed E-state index contributed by atoms with van der Waals surface area (Å²) in [6, 6.07) is 21.0. The van der Waals surface area contributed by atoms with Crippen LogP contribution < -0.4 is 10.6 Å². The topological polar surface area (TPSA) is 101 Å². The molecule has 0 saturated heterocycles. The maximum absolute atomic E-state index is 10.8. The van der Waals surface area contributed by atoms with Gasteiger partial charge < -0.3 is 20.3 Å². The van der Waals surface area contributed by atoms with E-state index in [0.717, 1.165) is 28.1 Å². The summed E-state index contributed by atoms with van der Waals surface area (Å²) in [6.07, 6.45) is 2.58. The van der Waals surface area contributed by atoms with Crippen LogP contribution in [0.2, 0.25) is 0 Å². The second kappa shape index (κ2) is 7.92. The quantitative estimate of drug-likeness (QED) is 0.352. The number of aromatic nitrogens is 4. The normalized spacial score (nSPS) is 12.1. The molecule has 0 saturated carbocycles. The van der Waals surface area contributed by atoms with Crippen LogP contribution in [0.4, 0.5) is 17.3 Å². The van der Waals surface area contributed by atoms with Gasteiger partial charge in [-0.2, -0.15) is 4.98 Å². The molecule has 1 unspecified atom stereocenters. The number of rotatable bonds is 6. The van der Waals surface area contributed by atoms with Crippen molar-refractivity contribution in [3.8, 4) is 11.5 Å². The van der Waals surface area contributed by atoms with Crippen molar-refractivity contribution < 1.29 is 9.63 Å². The summed E-state index contributed by atoms with van der Waals surface area (Å²) in [5, 5.41) is 21.0. The van der Waals surface area contributed by atoms with Gasteiger partial charge in [0.15, 0.2) is 6.23 Å². The fraction of sp³-hybridized carbons (Fsp3) is 0.0870. The lowest BCUT2D eigenvalue weighted by molar-refractivity contribution is 0.202. The molecule has 8 nitrogen and oxygen atoms in total. The van der Waals surface area contributed by atoms with Gasteiger partial charge in [0.2, 0.25) is 0 Å². The van der Waals surface area contributed by atoms with Crippen LogP contribution in [0.1, 0.15) is 17.5 Å². The number of anilines is 3. The predicted molar refractivity (Wildman–Crippen MR) is 118 cm³/mol. The average molecular weight is 412 g/mol. The first-order valence-electron chi connectivity index (χ1n) is 9.81. The highest BCUT2D eigenvalue weighted by atomic mass is 16.5. The first-order chi connectivity index (χ1) is 15.2. The molecule has 0 aliphatic carbocycles. The van der Waals surface area contributed by atoms with E-state index in [4.69, 9.17) is 4.52 Å². The number of nitrogens with one attached hydrogen (secondary N) is 2. The van der Waals surface area contributed by atoms with Crippen molar-refractivity contribution in [2.45, 2.75) is 13.2 Å². The minimum Gasteiger partial charge on any atom is -0.368 e. The molecule has 5 aromatic rings. The molecule has 3 heterocycles. The Balaban J connectivity index is 1.38. The SMILES string of the molecule is Cc1ccc(-c2nc(Nc3ccccc3)no2)cc1NC(O)c1cnc2ccccn12. The molecule has 31 heavy (non-hydrogen) atoms. The van der Waals surface area contributed by atoms with Gasteiger partial charge in [0.05, 0.1) is 11.9 Å². The Kier molecular flexibility index (Phi) is 4.81. The van der Waals surface area contributed by atoms with E-state index in [-0.39, 0.29) is 0 Å². The van der Waals surface area contributed by atoms with Crippen LogP contribution in [0, 0.1) is 6.92 Å². The molecule has 0 amide bonds. The number of fused-ring (bicyclic) bond motifs is 1. The minimum absolute atomic E-state index is 0.377. The summed E-state index contributed by atoms with van der Waals surface area (Å²) in [4.78, 5) is 8.75. The molecule has 0 bridgehead atoms. The molecule has 1 atom stereocenters. The first kappa shape index (κ1) is 18.8. The Morgan fingerprint density at radius 1 is 1.03 bits per heavy atom. The molecule has 0 aliphatic heterocycles. The zero-order valence-electron chi connectivity index (χ0n) is 16.7. The number of para-hydroxylation sites is 1. The number of aliphatic hydroxyl groups excluding tert-OH is 1. The van der Waals surface area contributed by atoms with Crippen LogP contribution in [0.3, 0.4) is 0 Å². The lowest BCUT2D eigenvalue weighted by Crippen LogP contribution is -2.12. The Hall–Kier alpha value is -4.17. The van der Waals surface area contributed by atoms with E-state index in [2.05, 4.69) is 25.8 Å². The molecule has 0 aliphatic rings. The number of pyridine rings is 1. The molecule has 3 N–H and O–H groups in total. The standard InChI is InChI=1S/C23H20N6O2/c1-15-10-11-16(22-27-23(28-31-22)25-17-7-3-2-4-8-17)13-18(15)26-21(30)19-14-24-20-9-5-6-12-29(19)20/h2-14,21,26,30H,1H3,(H,25,28). The van der Waals surface area contributed by atoms with Crippen LogP contribution >= 0.6 is 0 Å². The Bertz CT molecular complexity index is 1330. The Labute approximate surface area is 178 Å². The van der Waals surface area contributed by atoms with Gasteiger partial charge in [-0.15, -0.1) is 0 Å². The van der Waals surface area contributed by atoms with Gasteiger partial charge in [-0.3, -0.25) is 4.40 Å². The third kappa shape index (κ3) is 3.84. The second-order valence-corrected chi connectivity index (χ2v) is 7.10. The van der Waals surface area contributed by atoms with E-state index in [1.54, 1.807) is 6.20 Å². The number of aliphatic hydroxyl groups is 1. The predicted octanol–water partition coefficient (Wildman–Crippen LogP) is 4.54. The zero-order valence-corrected chi connectivity index (χ0v) is 16.7. The van der Waals surface area contributed by atoms with Crippen LogP contribution in [-0.2, 0) is 0 Å². The van der Waals surface area contributed by atoms with E-state index in [9.17, 15) is 5.11 Å². The second-order valence-electron chi connectivity index (χ2n) is 7.10. The zero-order chi connectivity index (χ0) is 21.2. The highest BCUT2D eigenvalue weighted by Crippen LogP contribution is 2.28. The number of hydrogen-bond donors (Lipinski definition) is 3. The maximum atomic E-state index is 10.8. The Morgan fingerprint density at radius 3 is 2.74 bits per heavy atom. The molecule has 8 heteroatoms. The van der Waals surface area contributed by atoms with E-state index in [1.807, 2.05) is 84.3 Å². The van der Waals surface area contributed by atoms with Crippen LogP contribution in [0.5, 0.6) is 0 Å². The molecule has 0 fully saturated rings. The van der Waals surface area contributed by atoms with E-state index >= 15 is 0 Å². The van der Waals surface area contributed by atoms with Crippen molar-refractivity contribution in [3.05, 3.63) is 90.4 Å². The summed E-state index contributed by atoms with van der Waals surface area (Å²) in [6.45, 7) is 1.96. The van der Waals surface area contributed by atoms with Crippen molar-refractivity contribution in [1.82, 2.24) is 19.5 Å². The maximum Gasteiger partial charge on any atom is 0.268 e. The Morgan fingerprint density at radius 2 is 1.87 bits per heavy atom. The minimum atomic E-state index is -0.940. The third-order valence-electron chi connectivity index (χ3n) is 4.96. The molecular weight excluding hydrogens is 392 g/mol. The highest BCUT2D eigenvalue weighted by molar-refractivity contribution is 5.66. The van der Waals surface area contributed by atoms with Crippen molar-refractivity contribution >= 4 is 23.0 Å². The van der Waals surface area contributed by atoms with Crippen molar-refractivity contribution in [1.29, 1.82) is 0 Å². The van der Waals surface area contributed by atoms with Gasteiger partial charge in [-0.25, -0.2) is 4.98 Å². The monoisotopic (exact) mass is 412 g/mol. The van der Waals surface area contributed by atoms with Gasteiger partial charge in [-0.1, -0.05) is 30.3 Å². The molecule has 0 radical (unpaired) electrons. The number of hydrogen-bond acceptors (Lipinski definition) is 7. The third-order valence-corrected chi connectivity index (χ3v) is 4.96. The summed E-state index contributed by atoms with van der Waals surface area (Å²) in [5.74, 6) is 0.757. The van der Waals surface area contributed by atoms with Gasteiger partial charge in [-0.05, 0) is 54.0 Å². The van der Waals surface area contributed by atoms with Gasteiger partial charge in [0.1, 0.15) is 5.65 Å². The fourth-order valence-corrected chi connectivity index (χ4v) is 3.33. The van der Waals surface area contributed by atoms with Crippen LogP contribution in [-0.4, -0.2) is 24.6 Å². The fourth-order valence-electron chi connectivity index (χ4n) is 3.33. The van der Waals surface area contributed by atoms with Crippen molar-refractivity contribution in [2.75, 3.05) is 10.6 Å². The molecule has 0 spiro atoms. The van der Waals surface area contributed by atoms with Crippen molar-refractivity contribution in [2.24, 2.45) is 0 Å². The van der Waals surface area contributed by atoms with Gasteiger partial charge in [0.25, 0.3) is 11.8 Å². The van der Waals surface area contributed by atoms with E-state index in [1.165, 1.54) is 0 Å². The average Bonchev–Trinajstić information content (AvgIpc) is 3.43. The number of aryl methyl sites for hydroxylation is 1. The summed E-state index contributed by atoms with van der Waals surface area (Å²) in [5.41, 5.74) is 4.76. The number of benzene rings is 2. The smallest absolute Gasteiger partial charge is 0.268 e. The van der Waals surface area contributed by atoms with Crippen molar-refractivity contribution in [3.63, 3.8) is 0 Å². The lowest BCUT2D eigenvalue weighted by atomic mass is 10.1. The molecule has 5 rings (SSSR count). The molecule has 3 aromatic heterocycles. The number of nitrogens with zero attached hydrogens (tertiary/aromatic N) is 4. The van der Waals surface area contributed by atoms with E-state index < -0.39 is 6.23 Å². The summed E-state index contributed by atoms with van der Waals surface area (Å²) >= 11 is 0. The number of imidazole rings is 1. The van der Waals surface area contributed by atoms with Gasteiger partial charge >= 0.3 is 0 Å². The van der Waals surface area contributed by atoms with Crippen LogP contribution in [0.15, 0.2) is 83.6 Å². The van der Waals surface area contributed by atoms with Crippen LogP contribution in [0.25, 0.3) is 17.1 Å². The van der Waals surface area contributed by atoms with Gasteiger partial charge in [0, 0.05) is 23.1 Å². The van der Waals surface area contributed by atoms with E-state index in [0.29, 0.717) is 17.5 Å².